The molecule has 1 saturated carbocycles. The predicted molar refractivity (Wildman–Crippen MR) is 81.6 cm³/mol. The van der Waals surface area contributed by atoms with Crippen molar-refractivity contribution in [2.24, 2.45) is 4.99 Å². The molecule has 1 heterocycles. The van der Waals surface area contributed by atoms with Crippen LogP contribution in [0.15, 0.2) is 4.99 Å². The Morgan fingerprint density at radius 3 is 2.47 bits per heavy atom. The Morgan fingerprint density at radius 2 is 1.89 bits per heavy atom. The van der Waals surface area contributed by atoms with E-state index < -0.39 is 0 Å². The molecule has 0 radical (unpaired) electrons. The summed E-state index contributed by atoms with van der Waals surface area (Å²) in [6, 6.07) is 1.29. The summed E-state index contributed by atoms with van der Waals surface area (Å²) in [4.78, 5) is 6.98. The van der Waals surface area contributed by atoms with Crippen LogP contribution >= 0.6 is 0 Å². The number of likely N-dealkylation sites (tertiary alicyclic amines) is 1. The highest BCUT2D eigenvalue weighted by molar-refractivity contribution is 5.80. The van der Waals surface area contributed by atoms with Gasteiger partial charge in [-0.3, -0.25) is 9.89 Å². The van der Waals surface area contributed by atoms with Crippen molar-refractivity contribution in [1.29, 1.82) is 0 Å². The van der Waals surface area contributed by atoms with Crippen LogP contribution in [0.2, 0.25) is 0 Å². The zero-order valence-electron chi connectivity index (χ0n) is 12.6. The molecular weight excluding hydrogens is 236 g/mol. The van der Waals surface area contributed by atoms with Crippen LogP contribution in [0.4, 0.5) is 0 Å². The average molecular weight is 266 g/mol. The van der Waals surface area contributed by atoms with E-state index in [-0.39, 0.29) is 0 Å². The molecular formula is C15H30N4. The third-order valence-electron chi connectivity index (χ3n) is 4.55. The minimum absolute atomic E-state index is 0.637. The van der Waals surface area contributed by atoms with Crippen LogP contribution in [0, 0.1) is 0 Å². The summed E-state index contributed by atoms with van der Waals surface area (Å²) in [5, 5.41) is 7.08. The second-order valence-corrected chi connectivity index (χ2v) is 5.88. The molecule has 110 valence electrons. The summed E-state index contributed by atoms with van der Waals surface area (Å²) < 4.78 is 0. The van der Waals surface area contributed by atoms with Crippen molar-refractivity contribution in [2.75, 3.05) is 26.7 Å². The van der Waals surface area contributed by atoms with Gasteiger partial charge in [-0.2, -0.15) is 0 Å². The molecule has 4 nitrogen and oxygen atoms in total. The minimum Gasteiger partial charge on any atom is -0.355 e. The number of hydrogen-bond donors (Lipinski definition) is 2. The summed E-state index contributed by atoms with van der Waals surface area (Å²) in [5.41, 5.74) is 0. The summed E-state index contributed by atoms with van der Waals surface area (Å²) >= 11 is 0. The second-order valence-electron chi connectivity index (χ2n) is 5.88. The molecule has 19 heavy (non-hydrogen) atoms. The van der Waals surface area contributed by atoms with Gasteiger partial charge in [0.15, 0.2) is 5.96 Å². The Bertz CT molecular complexity index is 278. The number of nitrogens with one attached hydrogen (secondary N) is 2. The maximum absolute atomic E-state index is 4.36. The molecule has 0 aromatic heterocycles. The molecule has 1 unspecified atom stereocenters. The van der Waals surface area contributed by atoms with E-state index in [1.54, 1.807) is 0 Å². The fraction of sp³-hybridized carbons (Fsp3) is 0.933. The molecule has 0 bridgehead atoms. The van der Waals surface area contributed by atoms with Crippen molar-refractivity contribution >= 4 is 5.96 Å². The fourth-order valence-electron chi connectivity index (χ4n) is 3.31. The molecule has 1 aliphatic carbocycles. The van der Waals surface area contributed by atoms with Gasteiger partial charge in [0.1, 0.15) is 0 Å². The van der Waals surface area contributed by atoms with Crippen LogP contribution in [-0.4, -0.2) is 49.6 Å². The number of nitrogens with zero attached hydrogens (tertiary/aromatic N) is 2. The SMILES string of the molecule is CCC(CNC(=NC)NC1CCCC1)N1CCCC1. The van der Waals surface area contributed by atoms with Crippen molar-refractivity contribution < 1.29 is 0 Å². The van der Waals surface area contributed by atoms with Crippen LogP contribution in [0.5, 0.6) is 0 Å². The minimum atomic E-state index is 0.637. The normalized spacial score (nSPS) is 23.8. The van der Waals surface area contributed by atoms with Crippen molar-refractivity contribution in [3.8, 4) is 0 Å². The molecule has 2 rings (SSSR count). The molecule has 2 N–H and O–H groups in total. The summed E-state index contributed by atoms with van der Waals surface area (Å²) in [7, 11) is 1.88. The van der Waals surface area contributed by atoms with E-state index >= 15 is 0 Å². The lowest BCUT2D eigenvalue weighted by Gasteiger charge is -2.27. The quantitative estimate of drug-likeness (QED) is 0.590. The Kier molecular flexibility index (Phi) is 5.95. The van der Waals surface area contributed by atoms with Crippen LogP contribution in [-0.2, 0) is 0 Å². The lowest BCUT2D eigenvalue weighted by molar-refractivity contribution is 0.236. The summed E-state index contributed by atoms with van der Waals surface area (Å²) in [5.74, 6) is 0.990. The largest absolute Gasteiger partial charge is 0.355 e. The van der Waals surface area contributed by atoms with Gasteiger partial charge in [-0.15, -0.1) is 0 Å². The van der Waals surface area contributed by atoms with Crippen LogP contribution in [0.3, 0.4) is 0 Å². The summed E-state index contributed by atoms with van der Waals surface area (Å²) in [6.07, 6.45) is 9.26. The third kappa shape index (κ3) is 4.37. The van der Waals surface area contributed by atoms with Gasteiger partial charge in [0.25, 0.3) is 0 Å². The molecule has 0 spiro atoms. The Balaban J connectivity index is 1.74. The van der Waals surface area contributed by atoms with E-state index in [9.17, 15) is 0 Å². The van der Waals surface area contributed by atoms with E-state index in [4.69, 9.17) is 0 Å². The molecule has 2 aliphatic rings. The molecule has 2 fully saturated rings. The molecule has 4 heteroatoms. The summed E-state index contributed by atoms with van der Waals surface area (Å²) in [6.45, 7) is 5.85. The topological polar surface area (TPSA) is 39.7 Å². The highest BCUT2D eigenvalue weighted by Crippen LogP contribution is 2.17. The Morgan fingerprint density at radius 1 is 1.21 bits per heavy atom. The van der Waals surface area contributed by atoms with Gasteiger partial charge in [0.2, 0.25) is 0 Å². The highest BCUT2D eigenvalue weighted by Gasteiger charge is 2.21. The Labute approximate surface area is 118 Å². The molecule has 0 aromatic rings. The van der Waals surface area contributed by atoms with Gasteiger partial charge in [0, 0.05) is 25.7 Å². The number of guanidine groups is 1. The van der Waals surface area contributed by atoms with Crippen molar-refractivity contribution in [2.45, 2.75) is 64.0 Å². The number of hydrogen-bond acceptors (Lipinski definition) is 2. The van der Waals surface area contributed by atoms with Crippen LogP contribution in [0.25, 0.3) is 0 Å². The first-order chi connectivity index (χ1) is 9.33. The Hall–Kier alpha value is -0.770. The molecule has 1 aliphatic heterocycles. The van der Waals surface area contributed by atoms with E-state index in [0.717, 1.165) is 12.5 Å². The molecule has 0 aromatic carbocycles. The van der Waals surface area contributed by atoms with E-state index in [1.165, 1.54) is 58.0 Å². The van der Waals surface area contributed by atoms with Gasteiger partial charge >= 0.3 is 0 Å². The van der Waals surface area contributed by atoms with Gasteiger partial charge in [0.05, 0.1) is 0 Å². The molecule has 1 atom stereocenters. The monoisotopic (exact) mass is 266 g/mol. The van der Waals surface area contributed by atoms with Crippen LogP contribution in [0.1, 0.15) is 51.9 Å². The maximum atomic E-state index is 4.36. The first-order valence-electron chi connectivity index (χ1n) is 8.04. The molecule has 1 saturated heterocycles. The van der Waals surface area contributed by atoms with Gasteiger partial charge in [-0.1, -0.05) is 19.8 Å². The zero-order valence-corrected chi connectivity index (χ0v) is 12.6. The van der Waals surface area contributed by atoms with Gasteiger partial charge < -0.3 is 10.6 Å². The standard InChI is InChI=1S/C15H30N4/c1-3-14(19-10-6-7-11-19)12-17-15(16-2)18-13-8-4-5-9-13/h13-14H,3-12H2,1-2H3,(H2,16,17,18). The van der Waals surface area contributed by atoms with E-state index in [2.05, 4.69) is 27.4 Å². The third-order valence-corrected chi connectivity index (χ3v) is 4.55. The highest BCUT2D eigenvalue weighted by atomic mass is 15.2. The lowest BCUT2D eigenvalue weighted by atomic mass is 10.2. The maximum Gasteiger partial charge on any atom is 0.191 e. The zero-order chi connectivity index (χ0) is 13.5. The number of aliphatic imine (C=N–C) groups is 1. The number of rotatable bonds is 5. The molecule has 0 amide bonds. The van der Waals surface area contributed by atoms with Gasteiger partial charge in [-0.25, -0.2) is 0 Å². The first kappa shape index (κ1) is 14.6. The van der Waals surface area contributed by atoms with Gasteiger partial charge in [-0.05, 0) is 45.2 Å². The second kappa shape index (κ2) is 7.73. The van der Waals surface area contributed by atoms with E-state index in [0.29, 0.717) is 12.1 Å². The van der Waals surface area contributed by atoms with Crippen molar-refractivity contribution in [3.05, 3.63) is 0 Å². The lowest BCUT2D eigenvalue weighted by Crippen LogP contribution is -2.48. The first-order valence-corrected chi connectivity index (χ1v) is 8.04. The van der Waals surface area contributed by atoms with Crippen molar-refractivity contribution in [1.82, 2.24) is 15.5 Å². The predicted octanol–water partition coefficient (Wildman–Crippen LogP) is 1.97. The average Bonchev–Trinajstić information content (AvgIpc) is 3.11. The van der Waals surface area contributed by atoms with Crippen molar-refractivity contribution in [3.63, 3.8) is 0 Å². The van der Waals surface area contributed by atoms with E-state index in [1.807, 2.05) is 7.05 Å². The fourth-order valence-corrected chi connectivity index (χ4v) is 3.31. The smallest absolute Gasteiger partial charge is 0.191 e. The van der Waals surface area contributed by atoms with Crippen LogP contribution < -0.4 is 10.6 Å².